The molecule has 0 radical (unpaired) electrons. The van der Waals surface area contributed by atoms with E-state index in [9.17, 15) is 4.21 Å². The molecule has 0 aliphatic heterocycles. The Hall–Kier alpha value is 1.03. The Bertz CT molecular complexity index is 73.3. The first-order valence-electron chi connectivity index (χ1n) is 2.13. The van der Waals surface area contributed by atoms with Crippen LogP contribution >= 0.6 is 0 Å². The third-order valence-electron chi connectivity index (χ3n) is 0.328. The van der Waals surface area contributed by atoms with Crippen LogP contribution in [0.5, 0.6) is 0 Å². The van der Waals surface area contributed by atoms with Gasteiger partial charge in [0.25, 0.3) is 0 Å². The Labute approximate surface area is 55.7 Å². The van der Waals surface area contributed by atoms with E-state index >= 15 is 0 Å². The van der Waals surface area contributed by atoms with Crippen molar-refractivity contribution in [3.8, 4) is 0 Å². The molecule has 0 amide bonds. The minimum absolute atomic E-state index is 0.997. The van der Waals surface area contributed by atoms with Gasteiger partial charge in [0.2, 0.25) is 0 Å². The van der Waals surface area contributed by atoms with Gasteiger partial charge in [0.15, 0.2) is 0 Å². The van der Waals surface area contributed by atoms with Crippen LogP contribution in [0.25, 0.3) is 0 Å². The van der Waals surface area contributed by atoms with E-state index in [1.54, 1.807) is 6.26 Å². The molecule has 0 saturated heterocycles. The minimum atomic E-state index is -1.69. The zero-order valence-electron chi connectivity index (χ0n) is 4.80. The van der Waals surface area contributed by atoms with Gasteiger partial charge in [-0.25, -0.2) is 0 Å². The van der Waals surface area contributed by atoms with Gasteiger partial charge in [-0.1, -0.05) is 0 Å². The average Bonchev–Trinajstić information content (AvgIpc) is 1.27. The van der Waals surface area contributed by atoms with Crippen LogP contribution in [0.15, 0.2) is 0 Å². The van der Waals surface area contributed by atoms with E-state index in [2.05, 4.69) is 8.97 Å². The van der Waals surface area contributed by atoms with Crippen molar-refractivity contribution in [2.75, 3.05) is 6.26 Å². The summed E-state index contributed by atoms with van der Waals surface area (Å²) in [6.45, 7) is 0. The molecule has 7 heavy (non-hydrogen) atoms. The average molecular weight is 314 g/mol. The topological polar surface area (TPSA) is 26.3 Å². The Morgan fingerprint density at radius 1 is 1.57 bits per heavy atom. The van der Waals surface area contributed by atoms with Crippen molar-refractivity contribution >= 4 is 34.2 Å². The van der Waals surface area contributed by atoms with E-state index in [0.29, 0.717) is 0 Å². The summed E-state index contributed by atoms with van der Waals surface area (Å²) in [5, 5.41) is 0. The first kappa shape index (κ1) is 8.03. The number of hydrogen-bond donors (Lipinski definition) is 0. The molecule has 0 aliphatic carbocycles. The summed E-state index contributed by atoms with van der Waals surface area (Å²) in [6.07, 6.45) is 1.57. The normalized spacial score (nSPS) is 13.6. The van der Waals surface area contributed by atoms with Gasteiger partial charge >= 0.3 is 55.8 Å². The summed E-state index contributed by atoms with van der Waals surface area (Å²) in [6, 6.07) is 0. The third-order valence-corrected chi connectivity index (χ3v) is 8.63. The fourth-order valence-corrected chi connectivity index (χ4v) is 7.13. The van der Waals surface area contributed by atoms with Crippen LogP contribution in [-0.2, 0) is 13.2 Å². The fourth-order valence-electron chi connectivity index (χ4n) is 0.271. The first-order chi connectivity index (χ1) is 3.13. The molecule has 1 unspecified atom stereocenters. The molecule has 0 bridgehead atoms. The summed E-state index contributed by atoms with van der Waals surface area (Å²) in [5.74, 6) is 0. The molecule has 0 aromatic carbocycles. The van der Waals surface area contributed by atoms with E-state index in [-0.39, 0.29) is 0 Å². The van der Waals surface area contributed by atoms with E-state index < -0.39 is 34.2 Å². The number of rotatable bonds is 2. The van der Waals surface area contributed by atoms with Gasteiger partial charge in [-0.05, 0) is 0 Å². The summed E-state index contributed by atoms with van der Waals surface area (Å²) >= 11 is -2.69. The summed E-state index contributed by atoms with van der Waals surface area (Å²) < 4.78 is 19.3. The Morgan fingerprint density at radius 2 is 2.00 bits per heavy atom. The van der Waals surface area contributed by atoms with Gasteiger partial charge in [0, 0.05) is 0 Å². The van der Waals surface area contributed by atoms with E-state index in [1.807, 2.05) is 0 Å². The van der Waals surface area contributed by atoms with Crippen LogP contribution in [0.3, 0.4) is 0 Å². The standard InChI is InChI=1S/CH4O2S.2CH3.Tl/c1-4(2)3;;;/h1H3,(H,2,3);2*1H3;/q;;;+1/p-1. The predicted octanol–water partition coefficient (Wildman–Crippen LogP) is 0.548. The van der Waals surface area contributed by atoms with E-state index in [1.165, 1.54) is 0 Å². The van der Waals surface area contributed by atoms with Gasteiger partial charge in [0.05, 0.1) is 0 Å². The van der Waals surface area contributed by atoms with Crippen LogP contribution in [-0.4, -0.2) is 33.6 Å². The predicted molar refractivity (Wildman–Crippen MR) is 32.6 cm³/mol. The van der Waals surface area contributed by atoms with Crippen LogP contribution in [0.2, 0.25) is 8.97 Å². The number of hydrogen-bond acceptors (Lipinski definition) is 2. The molecule has 0 rings (SSSR count). The van der Waals surface area contributed by atoms with E-state index in [0.717, 1.165) is 0 Å². The zero-order valence-corrected chi connectivity index (χ0v) is 10.1. The first-order valence-corrected chi connectivity index (χ1v) is 14.4. The van der Waals surface area contributed by atoms with Crippen molar-refractivity contribution in [2.45, 2.75) is 8.97 Å². The quantitative estimate of drug-likeness (QED) is 0.696. The molecule has 0 aromatic heterocycles. The van der Waals surface area contributed by atoms with Crippen molar-refractivity contribution in [1.82, 2.24) is 0 Å². The second-order valence-corrected chi connectivity index (χ2v) is 12.9. The van der Waals surface area contributed by atoms with Crippen molar-refractivity contribution in [3.05, 3.63) is 0 Å². The van der Waals surface area contributed by atoms with Crippen LogP contribution in [0, 0.1) is 0 Å². The van der Waals surface area contributed by atoms with E-state index in [4.69, 9.17) is 2.13 Å². The molecule has 42 valence electrons. The van der Waals surface area contributed by atoms with Crippen molar-refractivity contribution in [1.29, 1.82) is 0 Å². The van der Waals surface area contributed by atoms with Gasteiger partial charge in [-0.15, -0.1) is 0 Å². The molecule has 1 atom stereocenters. The Kier molecular flexibility index (Phi) is 4.55. The van der Waals surface area contributed by atoms with Gasteiger partial charge in [-0.3, -0.25) is 0 Å². The molecule has 0 fully saturated rings. The SMILES string of the molecule is CS(=O)[O][Tl]([CH3])[CH3]. The van der Waals surface area contributed by atoms with Gasteiger partial charge < -0.3 is 0 Å². The van der Waals surface area contributed by atoms with Gasteiger partial charge in [0.1, 0.15) is 0 Å². The van der Waals surface area contributed by atoms with Crippen molar-refractivity contribution in [2.24, 2.45) is 0 Å². The maximum atomic E-state index is 10.2. The molecule has 0 saturated carbocycles. The monoisotopic (exact) mass is 314 g/mol. The molecule has 0 N–H and O–H groups in total. The molecule has 2 nitrogen and oxygen atoms in total. The second-order valence-electron chi connectivity index (χ2n) is 1.55. The zero-order chi connectivity index (χ0) is 5.86. The molecule has 0 spiro atoms. The van der Waals surface area contributed by atoms with Crippen molar-refractivity contribution in [3.63, 3.8) is 0 Å². The maximum absolute atomic E-state index is 10.2. The molecule has 0 aromatic rings. The molecular formula is C3H9O2STl. The Morgan fingerprint density at radius 3 is 2.00 bits per heavy atom. The van der Waals surface area contributed by atoms with Crippen LogP contribution in [0.1, 0.15) is 0 Å². The third kappa shape index (κ3) is 7.03. The molecule has 0 aliphatic rings. The second kappa shape index (κ2) is 3.97. The fraction of sp³-hybridized carbons (Fsp3) is 1.00. The summed E-state index contributed by atoms with van der Waals surface area (Å²) in [5.41, 5.74) is 0. The van der Waals surface area contributed by atoms with Gasteiger partial charge in [-0.2, -0.15) is 0 Å². The molecular weight excluding hydrogens is 304 g/mol. The molecule has 0 heterocycles. The molecule has 4 heteroatoms. The van der Waals surface area contributed by atoms with Crippen LogP contribution in [0.4, 0.5) is 0 Å². The van der Waals surface area contributed by atoms with Crippen molar-refractivity contribution < 1.29 is 6.34 Å². The summed E-state index contributed by atoms with van der Waals surface area (Å²) in [7, 11) is 0. The van der Waals surface area contributed by atoms with Crippen LogP contribution < -0.4 is 0 Å². The Balaban J connectivity index is 3.13. The summed E-state index contributed by atoms with van der Waals surface area (Å²) in [4.78, 5) is 0.